The van der Waals surface area contributed by atoms with Gasteiger partial charge in [-0.1, -0.05) is 23.2 Å². The van der Waals surface area contributed by atoms with Crippen LogP contribution in [0.4, 0.5) is 5.69 Å². The zero-order chi connectivity index (χ0) is 12.3. The van der Waals surface area contributed by atoms with Crippen LogP contribution in [-0.2, 0) is 0 Å². The highest BCUT2D eigenvalue weighted by Crippen LogP contribution is 2.41. The normalized spacial score (nSPS) is 12.6. The highest BCUT2D eigenvalue weighted by molar-refractivity contribution is 9.11. The fourth-order valence-electron chi connectivity index (χ4n) is 1.01. The van der Waals surface area contributed by atoms with Gasteiger partial charge in [0.1, 0.15) is 0 Å². The van der Waals surface area contributed by atoms with Crippen LogP contribution in [0.2, 0.25) is 10.0 Å². The SMILES string of the molecule is OCC(O)CNc1c(Cl)cc(Br)c(Cl)c1Br. The Morgan fingerprint density at radius 3 is 2.56 bits per heavy atom. The van der Waals surface area contributed by atoms with Crippen molar-refractivity contribution in [1.29, 1.82) is 0 Å². The molecule has 1 rings (SSSR count). The monoisotopic (exact) mass is 391 g/mol. The van der Waals surface area contributed by atoms with Crippen LogP contribution in [0.1, 0.15) is 0 Å². The van der Waals surface area contributed by atoms with E-state index in [0.717, 1.165) is 0 Å². The molecule has 0 radical (unpaired) electrons. The minimum absolute atomic E-state index is 0.187. The molecule has 0 heterocycles. The number of hydrogen-bond acceptors (Lipinski definition) is 3. The molecule has 0 saturated carbocycles. The Morgan fingerprint density at radius 1 is 1.38 bits per heavy atom. The van der Waals surface area contributed by atoms with Gasteiger partial charge in [0.25, 0.3) is 0 Å². The summed E-state index contributed by atoms with van der Waals surface area (Å²) in [7, 11) is 0. The number of anilines is 1. The first kappa shape index (κ1) is 14.5. The van der Waals surface area contributed by atoms with Gasteiger partial charge in [-0.05, 0) is 37.9 Å². The molecular formula is C9H9Br2Cl2NO2. The maximum atomic E-state index is 9.21. The van der Waals surface area contributed by atoms with Gasteiger partial charge < -0.3 is 15.5 Å². The van der Waals surface area contributed by atoms with Crippen molar-refractivity contribution < 1.29 is 10.2 Å². The number of aliphatic hydroxyl groups is 2. The summed E-state index contributed by atoms with van der Waals surface area (Å²) >= 11 is 18.6. The Hall–Kier alpha value is 0.480. The molecule has 3 nitrogen and oxygen atoms in total. The van der Waals surface area contributed by atoms with Gasteiger partial charge >= 0.3 is 0 Å². The fourth-order valence-corrected chi connectivity index (χ4v) is 2.94. The van der Waals surface area contributed by atoms with Crippen LogP contribution >= 0.6 is 55.1 Å². The Labute approximate surface area is 120 Å². The van der Waals surface area contributed by atoms with Gasteiger partial charge in [0.2, 0.25) is 0 Å². The van der Waals surface area contributed by atoms with Crippen LogP contribution in [-0.4, -0.2) is 29.5 Å². The molecule has 1 atom stereocenters. The molecule has 7 heteroatoms. The lowest BCUT2D eigenvalue weighted by Crippen LogP contribution is -2.23. The number of benzene rings is 1. The number of rotatable bonds is 4. The standard InChI is InChI=1S/C9H9Br2Cl2NO2/c10-5-1-6(12)9(7(11)8(5)13)14-2-4(16)3-15/h1,4,14-16H,2-3H2. The lowest BCUT2D eigenvalue weighted by molar-refractivity contribution is 0.105. The van der Waals surface area contributed by atoms with E-state index in [4.69, 9.17) is 28.3 Å². The van der Waals surface area contributed by atoms with Crippen LogP contribution in [0, 0.1) is 0 Å². The average molecular weight is 394 g/mol. The van der Waals surface area contributed by atoms with Crippen LogP contribution < -0.4 is 5.32 Å². The molecule has 1 aromatic carbocycles. The fraction of sp³-hybridized carbons (Fsp3) is 0.333. The van der Waals surface area contributed by atoms with E-state index in [-0.39, 0.29) is 13.2 Å². The van der Waals surface area contributed by atoms with E-state index in [9.17, 15) is 5.11 Å². The molecule has 0 spiro atoms. The van der Waals surface area contributed by atoms with Crippen LogP contribution in [0.3, 0.4) is 0 Å². The van der Waals surface area contributed by atoms with Gasteiger partial charge in [-0.15, -0.1) is 0 Å². The second-order valence-electron chi connectivity index (χ2n) is 3.06. The van der Waals surface area contributed by atoms with E-state index in [1.54, 1.807) is 6.07 Å². The van der Waals surface area contributed by atoms with Crippen molar-refractivity contribution in [2.75, 3.05) is 18.5 Å². The summed E-state index contributed by atoms with van der Waals surface area (Å²) in [6, 6.07) is 1.66. The first-order valence-electron chi connectivity index (χ1n) is 4.33. The summed E-state index contributed by atoms with van der Waals surface area (Å²) in [4.78, 5) is 0. The smallest absolute Gasteiger partial charge is 0.0942 e. The van der Waals surface area contributed by atoms with Crippen molar-refractivity contribution in [3.8, 4) is 0 Å². The first-order valence-corrected chi connectivity index (χ1v) is 6.67. The lowest BCUT2D eigenvalue weighted by Gasteiger charge is -2.14. The predicted molar refractivity (Wildman–Crippen MR) is 73.4 cm³/mol. The zero-order valence-corrected chi connectivity index (χ0v) is 12.7. The largest absolute Gasteiger partial charge is 0.394 e. The summed E-state index contributed by atoms with van der Waals surface area (Å²) in [5, 5.41) is 21.8. The molecule has 90 valence electrons. The second-order valence-corrected chi connectivity index (χ2v) is 5.49. The van der Waals surface area contributed by atoms with E-state index in [2.05, 4.69) is 37.2 Å². The van der Waals surface area contributed by atoms with Gasteiger partial charge in [0.15, 0.2) is 0 Å². The highest BCUT2D eigenvalue weighted by Gasteiger charge is 2.13. The number of nitrogens with one attached hydrogen (secondary N) is 1. The summed E-state index contributed by atoms with van der Waals surface area (Å²) in [5.41, 5.74) is 0.586. The lowest BCUT2D eigenvalue weighted by atomic mass is 10.3. The molecule has 0 saturated heterocycles. The molecule has 0 aliphatic heterocycles. The average Bonchev–Trinajstić information content (AvgIpc) is 2.25. The zero-order valence-electron chi connectivity index (χ0n) is 7.98. The molecule has 16 heavy (non-hydrogen) atoms. The molecule has 0 aliphatic rings. The molecule has 0 aliphatic carbocycles. The summed E-state index contributed by atoms with van der Waals surface area (Å²) < 4.78 is 1.29. The third kappa shape index (κ3) is 3.48. The second kappa shape index (κ2) is 6.42. The van der Waals surface area contributed by atoms with Crippen molar-refractivity contribution in [1.82, 2.24) is 0 Å². The van der Waals surface area contributed by atoms with E-state index in [1.165, 1.54) is 0 Å². The predicted octanol–water partition coefficient (Wildman–Crippen LogP) is 3.28. The quantitative estimate of drug-likeness (QED) is 0.543. The molecule has 0 bridgehead atoms. The number of hydrogen-bond donors (Lipinski definition) is 3. The van der Waals surface area contributed by atoms with E-state index in [0.29, 0.717) is 24.7 Å². The van der Waals surface area contributed by atoms with Crippen LogP contribution in [0.25, 0.3) is 0 Å². The van der Waals surface area contributed by atoms with Gasteiger partial charge in [0.05, 0.1) is 32.9 Å². The van der Waals surface area contributed by atoms with Crippen LogP contribution in [0.5, 0.6) is 0 Å². The van der Waals surface area contributed by atoms with Crippen LogP contribution in [0.15, 0.2) is 15.0 Å². The Kier molecular flexibility index (Phi) is 5.84. The van der Waals surface area contributed by atoms with Crippen molar-refractivity contribution >= 4 is 60.7 Å². The Morgan fingerprint density at radius 2 is 2.00 bits per heavy atom. The van der Waals surface area contributed by atoms with Crippen molar-refractivity contribution in [2.45, 2.75) is 6.10 Å². The first-order chi connectivity index (χ1) is 7.47. The maximum absolute atomic E-state index is 9.21. The van der Waals surface area contributed by atoms with Gasteiger partial charge in [-0.25, -0.2) is 0 Å². The molecule has 1 unspecified atom stereocenters. The molecule has 0 amide bonds. The van der Waals surface area contributed by atoms with Gasteiger partial charge in [-0.2, -0.15) is 0 Å². The minimum Gasteiger partial charge on any atom is -0.394 e. The molecule has 0 aromatic heterocycles. The molecule has 3 N–H and O–H groups in total. The Bertz CT molecular complexity index is 390. The summed E-state index contributed by atoms with van der Waals surface area (Å²) in [5.74, 6) is 0. The molecule has 0 fully saturated rings. The van der Waals surface area contributed by atoms with Crippen molar-refractivity contribution in [3.63, 3.8) is 0 Å². The van der Waals surface area contributed by atoms with Gasteiger partial charge in [0, 0.05) is 11.0 Å². The highest BCUT2D eigenvalue weighted by atomic mass is 79.9. The molecule has 1 aromatic rings. The third-order valence-corrected chi connectivity index (χ3v) is 4.41. The third-order valence-electron chi connectivity index (χ3n) is 1.84. The van der Waals surface area contributed by atoms with Gasteiger partial charge in [-0.3, -0.25) is 0 Å². The minimum atomic E-state index is -0.842. The van der Waals surface area contributed by atoms with E-state index in [1.807, 2.05) is 0 Å². The maximum Gasteiger partial charge on any atom is 0.0942 e. The summed E-state index contributed by atoms with van der Waals surface area (Å²) in [6.45, 7) is -0.126. The number of aliphatic hydroxyl groups excluding tert-OH is 2. The Balaban J connectivity index is 2.92. The van der Waals surface area contributed by atoms with Crippen molar-refractivity contribution in [3.05, 3.63) is 25.1 Å². The molecular weight excluding hydrogens is 385 g/mol. The number of halogens is 4. The van der Waals surface area contributed by atoms with E-state index < -0.39 is 6.10 Å². The summed E-state index contributed by atoms with van der Waals surface area (Å²) in [6.07, 6.45) is -0.842. The van der Waals surface area contributed by atoms with E-state index >= 15 is 0 Å². The van der Waals surface area contributed by atoms with Crippen molar-refractivity contribution in [2.24, 2.45) is 0 Å². The topological polar surface area (TPSA) is 52.5 Å².